The largest absolute Gasteiger partial charge is 0.308 e. The summed E-state index contributed by atoms with van der Waals surface area (Å²) in [6, 6.07) is 11.5. The third-order valence-corrected chi connectivity index (χ3v) is 9.24. The van der Waals surface area contributed by atoms with Crippen LogP contribution in [-0.2, 0) is 21.2 Å². The Labute approximate surface area is 210 Å². The molecule has 2 heterocycles. The number of benzene rings is 2. The zero-order chi connectivity index (χ0) is 24.5. The van der Waals surface area contributed by atoms with Crippen LogP contribution in [0.5, 0.6) is 0 Å². The Morgan fingerprint density at radius 1 is 1.18 bits per heavy atom. The van der Waals surface area contributed by atoms with Crippen LogP contribution in [0.15, 0.2) is 47.4 Å². The molecule has 1 amide bonds. The van der Waals surface area contributed by atoms with E-state index in [1.165, 1.54) is 33.3 Å². The number of aromatic nitrogens is 1. The van der Waals surface area contributed by atoms with Gasteiger partial charge in [0.05, 0.1) is 15.1 Å². The molecule has 1 aliphatic heterocycles. The number of fused-ring (bicyclic) bond motifs is 1. The van der Waals surface area contributed by atoms with Gasteiger partial charge in [-0.3, -0.25) is 9.69 Å². The Hall–Kier alpha value is -2.04. The average Bonchev–Trinajstić information content (AvgIpc) is 3.46. The Bertz CT molecular complexity index is 1280. The van der Waals surface area contributed by atoms with Gasteiger partial charge in [0, 0.05) is 24.7 Å². The number of anilines is 1. The van der Waals surface area contributed by atoms with E-state index in [2.05, 4.69) is 19.1 Å². The van der Waals surface area contributed by atoms with E-state index in [1.54, 1.807) is 17.0 Å². The van der Waals surface area contributed by atoms with Gasteiger partial charge in [0.2, 0.25) is 15.9 Å². The van der Waals surface area contributed by atoms with Crippen LogP contribution < -0.4 is 4.90 Å². The number of carbonyl (C=O) groups excluding carboxylic acids is 1. The summed E-state index contributed by atoms with van der Waals surface area (Å²) >= 11 is 7.42. The van der Waals surface area contributed by atoms with Gasteiger partial charge in [0.25, 0.3) is 0 Å². The van der Waals surface area contributed by atoms with Crippen molar-refractivity contribution in [1.82, 2.24) is 14.2 Å². The van der Waals surface area contributed by atoms with Crippen molar-refractivity contribution >= 4 is 54.2 Å². The molecule has 0 N–H and O–H groups in total. The normalized spacial score (nSPS) is 17.0. The van der Waals surface area contributed by atoms with Crippen molar-refractivity contribution in [1.29, 1.82) is 0 Å². The maximum atomic E-state index is 13.8. The molecule has 1 unspecified atom stereocenters. The number of sulfonamides is 1. The number of likely N-dealkylation sites (N-methyl/N-ethyl adjacent to an activating group) is 1. The van der Waals surface area contributed by atoms with E-state index in [9.17, 15) is 13.2 Å². The van der Waals surface area contributed by atoms with Gasteiger partial charge in [0.1, 0.15) is 6.04 Å². The molecule has 1 atom stereocenters. The maximum absolute atomic E-state index is 13.8. The Morgan fingerprint density at radius 2 is 1.91 bits per heavy atom. The van der Waals surface area contributed by atoms with E-state index in [4.69, 9.17) is 16.6 Å². The lowest BCUT2D eigenvalue weighted by Crippen LogP contribution is -2.49. The molecule has 4 rings (SSSR count). The smallest absolute Gasteiger partial charge is 0.247 e. The minimum atomic E-state index is -3.83. The van der Waals surface area contributed by atoms with Crippen LogP contribution in [0.25, 0.3) is 10.2 Å². The van der Waals surface area contributed by atoms with Gasteiger partial charge >= 0.3 is 0 Å². The fourth-order valence-corrected chi connectivity index (χ4v) is 6.93. The molecule has 0 aliphatic carbocycles. The molecule has 2 aromatic carbocycles. The first-order chi connectivity index (χ1) is 16.2. The van der Waals surface area contributed by atoms with E-state index in [-0.39, 0.29) is 10.8 Å². The number of carbonyl (C=O) groups is 1. The summed E-state index contributed by atoms with van der Waals surface area (Å²) in [6.45, 7) is 3.48. The van der Waals surface area contributed by atoms with Crippen molar-refractivity contribution in [2.45, 2.75) is 37.1 Å². The fraction of sp³-hybridized carbons (Fsp3) is 0.417. The van der Waals surface area contributed by atoms with E-state index in [0.717, 1.165) is 16.6 Å². The van der Waals surface area contributed by atoms with E-state index in [1.807, 2.05) is 25.1 Å². The van der Waals surface area contributed by atoms with E-state index < -0.39 is 16.1 Å². The lowest BCUT2D eigenvalue weighted by atomic mass is 10.2. The van der Waals surface area contributed by atoms with Crippen molar-refractivity contribution in [2.24, 2.45) is 0 Å². The minimum Gasteiger partial charge on any atom is -0.308 e. The second-order valence-electron chi connectivity index (χ2n) is 8.67. The lowest BCUT2D eigenvalue weighted by molar-refractivity contribution is -0.121. The topological polar surface area (TPSA) is 73.8 Å². The molecule has 182 valence electrons. The van der Waals surface area contributed by atoms with Crippen LogP contribution in [-0.4, -0.2) is 68.3 Å². The van der Waals surface area contributed by atoms with Gasteiger partial charge in [0.15, 0.2) is 5.13 Å². The summed E-state index contributed by atoms with van der Waals surface area (Å²) in [5.41, 5.74) is 2.06. The summed E-state index contributed by atoms with van der Waals surface area (Å²) in [6.07, 6.45) is 2.03. The number of hydrogen-bond acceptors (Lipinski definition) is 6. The van der Waals surface area contributed by atoms with E-state index >= 15 is 0 Å². The summed E-state index contributed by atoms with van der Waals surface area (Å²) in [5.74, 6) is -0.230. The highest BCUT2D eigenvalue weighted by atomic mass is 35.5. The van der Waals surface area contributed by atoms with Crippen molar-refractivity contribution in [3.8, 4) is 0 Å². The standard InChI is InChI=1S/C24H29ClN4O3S2/c1-4-17-7-12-20-22(16-17)33-24(26-20)28(15-14-27(2)3)23(30)21-6-5-13-29(21)34(31,32)19-10-8-18(25)9-11-19/h7-12,16,21H,4-6,13-15H2,1-3H3. The summed E-state index contributed by atoms with van der Waals surface area (Å²) in [5, 5.41) is 1.07. The Kier molecular flexibility index (Phi) is 7.59. The molecule has 1 fully saturated rings. The molecule has 0 radical (unpaired) electrons. The molecule has 0 spiro atoms. The quantitative estimate of drug-likeness (QED) is 0.443. The average molecular weight is 521 g/mol. The third kappa shape index (κ3) is 5.13. The van der Waals surface area contributed by atoms with Crippen molar-refractivity contribution in [2.75, 3.05) is 38.6 Å². The fourth-order valence-electron chi connectivity index (χ4n) is 4.09. The van der Waals surface area contributed by atoms with Crippen molar-refractivity contribution in [3.63, 3.8) is 0 Å². The van der Waals surface area contributed by atoms with Crippen LogP contribution >= 0.6 is 22.9 Å². The molecule has 7 nitrogen and oxygen atoms in total. The van der Waals surface area contributed by atoms with Gasteiger partial charge in [-0.2, -0.15) is 4.31 Å². The molecule has 1 aliphatic rings. The third-order valence-electron chi connectivity index (χ3n) is 6.03. The van der Waals surface area contributed by atoms with Crippen molar-refractivity contribution < 1.29 is 13.2 Å². The van der Waals surface area contributed by atoms with Crippen LogP contribution in [0.3, 0.4) is 0 Å². The predicted molar refractivity (Wildman–Crippen MR) is 138 cm³/mol. The lowest BCUT2D eigenvalue weighted by Gasteiger charge is -2.29. The molecular weight excluding hydrogens is 492 g/mol. The van der Waals surface area contributed by atoms with Gasteiger partial charge in [-0.15, -0.1) is 0 Å². The van der Waals surface area contributed by atoms with Crippen LogP contribution in [0, 0.1) is 0 Å². The second-order valence-corrected chi connectivity index (χ2v) is 12.0. The van der Waals surface area contributed by atoms with E-state index in [0.29, 0.717) is 42.6 Å². The number of rotatable bonds is 8. The molecule has 0 bridgehead atoms. The monoisotopic (exact) mass is 520 g/mol. The first kappa shape index (κ1) is 25.1. The SMILES string of the molecule is CCc1ccc2nc(N(CCN(C)C)C(=O)C3CCCN3S(=O)(=O)c3ccc(Cl)cc3)sc2c1. The maximum Gasteiger partial charge on any atom is 0.247 e. The highest BCUT2D eigenvalue weighted by molar-refractivity contribution is 7.89. The van der Waals surface area contributed by atoms with Gasteiger partial charge in [-0.05, 0) is 75.3 Å². The minimum absolute atomic E-state index is 0.142. The van der Waals surface area contributed by atoms with Crippen LogP contribution in [0.2, 0.25) is 5.02 Å². The molecule has 1 saturated heterocycles. The Morgan fingerprint density at radius 3 is 2.59 bits per heavy atom. The van der Waals surface area contributed by atoms with Crippen LogP contribution in [0.1, 0.15) is 25.3 Å². The molecule has 34 heavy (non-hydrogen) atoms. The second kappa shape index (κ2) is 10.3. The summed E-state index contributed by atoms with van der Waals surface area (Å²) in [4.78, 5) is 22.4. The van der Waals surface area contributed by atoms with Gasteiger partial charge < -0.3 is 4.90 Å². The zero-order valence-electron chi connectivity index (χ0n) is 19.6. The first-order valence-corrected chi connectivity index (χ1v) is 14.0. The molecule has 1 aromatic heterocycles. The highest BCUT2D eigenvalue weighted by Crippen LogP contribution is 2.33. The van der Waals surface area contributed by atoms with Gasteiger partial charge in [-0.25, -0.2) is 13.4 Å². The Balaban J connectivity index is 1.67. The summed E-state index contributed by atoms with van der Waals surface area (Å²) in [7, 11) is 0.0612. The van der Waals surface area contributed by atoms with Crippen LogP contribution in [0.4, 0.5) is 5.13 Å². The molecule has 0 saturated carbocycles. The van der Waals surface area contributed by atoms with Gasteiger partial charge in [-0.1, -0.05) is 35.9 Å². The number of nitrogens with zero attached hydrogens (tertiary/aromatic N) is 4. The molecule has 3 aromatic rings. The molecule has 10 heteroatoms. The number of aryl methyl sites for hydroxylation is 1. The number of halogens is 1. The number of hydrogen-bond donors (Lipinski definition) is 0. The predicted octanol–water partition coefficient (Wildman–Crippen LogP) is 4.26. The number of amides is 1. The first-order valence-electron chi connectivity index (χ1n) is 11.3. The number of thiazole rings is 1. The zero-order valence-corrected chi connectivity index (χ0v) is 22.0. The summed E-state index contributed by atoms with van der Waals surface area (Å²) < 4.78 is 29.1. The van der Waals surface area contributed by atoms with Crippen molar-refractivity contribution in [3.05, 3.63) is 53.1 Å². The highest BCUT2D eigenvalue weighted by Gasteiger charge is 2.42. The molecular formula is C24H29ClN4O3S2.